The zero-order valence-corrected chi connectivity index (χ0v) is 11.6. The van der Waals surface area contributed by atoms with Crippen molar-refractivity contribution in [3.63, 3.8) is 0 Å². The summed E-state index contributed by atoms with van der Waals surface area (Å²) in [6.07, 6.45) is 1.32. The van der Waals surface area contributed by atoms with Gasteiger partial charge in [-0.2, -0.15) is 0 Å². The number of aliphatic hydroxyl groups is 1. The smallest absolute Gasteiger partial charge is 0.236 e. The van der Waals surface area contributed by atoms with E-state index in [4.69, 9.17) is 4.42 Å². The standard InChI is InChI=1S/C14H22N2O3/c1-11-3-4-13(19-11)9-15(2)14(18)10-16-7-5-12(17)6-8-16/h3-4,12,17H,5-10H2,1-2H3. The molecule has 0 unspecified atom stereocenters. The second kappa shape index (κ2) is 6.21. The number of carbonyl (C=O) groups excluding carboxylic acids is 1. The number of rotatable bonds is 4. The molecule has 0 saturated carbocycles. The third-order valence-electron chi connectivity index (χ3n) is 3.53. The number of piperidine rings is 1. The van der Waals surface area contributed by atoms with Gasteiger partial charge in [-0.25, -0.2) is 0 Å². The van der Waals surface area contributed by atoms with Crippen LogP contribution in [0.1, 0.15) is 24.4 Å². The fraction of sp³-hybridized carbons (Fsp3) is 0.643. The second-order valence-electron chi connectivity index (χ2n) is 5.27. The quantitative estimate of drug-likeness (QED) is 0.883. The first-order valence-corrected chi connectivity index (χ1v) is 6.74. The largest absolute Gasteiger partial charge is 0.464 e. The molecule has 1 amide bonds. The number of carbonyl (C=O) groups is 1. The average molecular weight is 266 g/mol. The molecule has 1 aromatic heterocycles. The number of nitrogens with zero attached hydrogens (tertiary/aromatic N) is 2. The monoisotopic (exact) mass is 266 g/mol. The minimum atomic E-state index is -0.199. The summed E-state index contributed by atoms with van der Waals surface area (Å²) in [5.74, 6) is 1.76. The predicted molar refractivity (Wildman–Crippen MR) is 71.6 cm³/mol. The molecule has 2 heterocycles. The van der Waals surface area contributed by atoms with Gasteiger partial charge in [0, 0.05) is 20.1 Å². The Morgan fingerprint density at radius 1 is 1.47 bits per heavy atom. The lowest BCUT2D eigenvalue weighted by Crippen LogP contribution is -2.42. The summed E-state index contributed by atoms with van der Waals surface area (Å²) in [6.45, 7) is 4.40. The van der Waals surface area contributed by atoms with E-state index in [-0.39, 0.29) is 12.0 Å². The molecule has 1 N–H and O–H groups in total. The van der Waals surface area contributed by atoms with Crippen molar-refractivity contribution < 1.29 is 14.3 Å². The summed E-state index contributed by atoms with van der Waals surface area (Å²) >= 11 is 0. The van der Waals surface area contributed by atoms with Crippen LogP contribution >= 0.6 is 0 Å². The van der Waals surface area contributed by atoms with Crippen molar-refractivity contribution in [2.75, 3.05) is 26.7 Å². The molecule has 0 aliphatic carbocycles. The maximum Gasteiger partial charge on any atom is 0.236 e. The fourth-order valence-electron chi connectivity index (χ4n) is 2.28. The molecule has 1 aliphatic rings. The van der Waals surface area contributed by atoms with Gasteiger partial charge in [0.15, 0.2) is 0 Å². The van der Waals surface area contributed by atoms with Gasteiger partial charge in [-0.15, -0.1) is 0 Å². The van der Waals surface area contributed by atoms with Crippen molar-refractivity contribution in [2.45, 2.75) is 32.4 Å². The first kappa shape index (κ1) is 14.1. The number of furan rings is 1. The van der Waals surface area contributed by atoms with E-state index in [0.29, 0.717) is 13.1 Å². The molecule has 0 bridgehead atoms. The number of likely N-dealkylation sites (tertiary alicyclic amines) is 1. The molecule has 1 fully saturated rings. The lowest BCUT2D eigenvalue weighted by atomic mass is 10.1. The van der Waals surface area contributed by atoms with Gasteiger partial charge in [-0.05, 0) is 31.9 Å². The van der Waals surface area contributed by atoms with Crippen molar-refractivity contribution in [2.24, 2.45) is 0 Å². The SMILES string of the molecule is Cc1ccc(CN(C)C(=O)CN2CCC(O)CC2)o1. The Balaban J connectivity index is 1.79. The molecule has 0 spiro atoms. The molecule has 1 saturated heterocycles. The van der Waals surface area contributed by atoms with Gasteiger partial charge in [0.2, 0.25) is 5.91 Å². The van der Waals surface area contributed by atoms with E-state index in [0.717, 1.165) is 37.5 Å². The molecule has 0 atom stereocenters. The topological polar surface area (TPSA) is 56.9 Å². The maximum atomic E-state index is 12.1. The van der Waals surface area contributed by atoms with E-state index in [9.17, 15) is 9.90 Å². The van der Waals surface area contributed by atoms with Crippen LogP contribution in [0.25, 0.3) is 0 Å². The minimum absolute atomic E-state index is 0.0884. The second-order valence-corrected chi connectivity index (χ2v) is 5.27. The summed E-state index contributed by atoms with van der Waals surface area (Å²) in [5.41, 5.74) is 0. The summed E-state index contributed by atoms with van der Waals surface area (Å²) in [4.78, 5) is 15.9. The highest BCUT2D eigenvalue weighted by Crippen LogP contribution is 2.11. The van der Waals surface area contributed by atoms with E-state index >= 15 is 0 Å². The van der Waals surface area contributed by atoms with Crippen LogP contribution in [0.4, 0.5) is 0 Å². The molecular formula is C14H22N2O3. The van der Waals surface area contributed by atoms with E-state index in [1.54, 1.807) is 11.9 Å². The Morgan fingerprint density at radius 2 is 2.16 bits per heavy atom. The van der Waals surface area contributed by atoms with Crippen LogP contribution in [0, 0.1) is 6.92 Å². The van der Waals surface area contributed by atoms with E-state index < -0.39 is 0 Å². The molecule has 106 valence electrons. The normalized spacial score (nSPS) is 17.6. The summed E-state index contributed by atoms with van der Waals surface area (Å²) in [6, 6.07) is 3.80. The lowest BCUT2D eigenvalue weighted by Gasteiger charge is -2.30. The van der Waals surface area contributed by atoms with E-state index in [2.05, 4.69) is 4.90 Å². The van der Waals surface area contributed by atoms with Crippen LogP contribution in [0.3, 0.4) is 0 Å². The average Bonchev–Trinajstić information content (AvgIpc) is 2.77. The molecule has 5 nitrogen and oxygen atoms in total. The van der Waals surface area contributed by atoms with Crippen LogP contribution in [0.5, 0.6) is 0 Å². The third kappa shape index (κ3) is 4.08. The molecule has 19 heavy (non-hydrogen) atoms. The molecule has 0 radical (unpaired) electrons. The molecule has 1 aromatic rings. The van der Waals surface area contributed by atoms with Crippen molar-refractivity contribution in [3.8, 4) is 0 Å². The molecule has 1 aliphatic heterocycles. The van der Waals surface area contributed by atoms with Gasteiger partial charge in [0.05, 0.1) is 19.2 Å². The molecular weight excluding hydrogens is 244 g/mol. The molecule has 2 rings (SSSR count). The summed E-state index contributed by atoms with van der Waals surface area (Å²) in [7, 11) is 1.79. The van der Waals surface area contributed by atoms with E-state index in [1.165, 1.54) is 0 Å². The maximum absolute atomic E-state index is 12.1. The highest BCUT2D eigenvalue weighted by molar-refractivity contribution is 5.77. The first-order valence-electron chi connectivity index (χ1n) is 6.74. The van der Waals surface area contributed by atoms with Crippen LogP contribution in [0.2, 0.25) is 0 Å². The van der Waals surface area contributed by atoms with Gasteiger partial charge in [0.1, 0.15) is 11.5 Å². The predicted octanol–water partition coefficient (Wildman–Crippen LogP) is 1.00. The molecule has 5 heteroatoms. The van der Waals surface area contributed by atoms with Crippen LogP contribution < -0.4 is 0 Å². The number of likely N-dealkylation sites (N-methyl/N-ethyl adjacent to an activating group) is 1. The van der Waals surface area contributed by atoms with Crippen molar-refractivity contribution in [1.82, 2.24) is 9.80 Å². The van der Waals surface area contributed by atoms with E-state index in [1.807, 2.05) is 19.1 Å². The highest BCUT2D eigenvalue weighted by Gasteiger charge is 2.20. The zero-order valence-electron chi connectivity index (χ0n) is 11.6. The number of hydrogen-bond acceptors (Lipinski definition) is 4. The van der Waals surface area contributed by atoms with Gasteiger partial charge < -0.3 is 14.4 Å². The minimum Gasteiger partial charge on any atom is -0.464 e. The summed E-state index contributed by atoms with van der Waals surface area (Å²) in [5, 5.41) is 9.43. The number of hydrogen-bond donors (Lipinski definition) is 1. The van der Waals surface area contributed by atoms with Crippen LogP contribution in [-0.2, 0) is 11.3 Å². The summed E-state index contributed by atoms with van der Waals surface area (Å²) < 4.78 is 5.47. The Bertz CT molecular complexity index is 422. The van der Waals surface area contributed by atoms with Crippen LogP contribution in [-0.4, -0.2) is 53.6 Å². The fourth-order valence-corrected chi connectivity index (χ4v) is 2.28. The first-order chi connectivity index (χ1) is 9.04. The molecule has 0 aromatic carbocycles. The van der Waals surface area contributed by atoms with Crippen LogP contribution in [0.15, 0.2) is 16.5 Å². The van der Waals surface area contributed by atoms with Gasteiger partial charge in [-0.1, -0.05) is 0 Å². The number of aliphatic hydroxyl groups excluding tert-OH is 1. The Hall–Kier alpha value is -1.33. The highest BCUT2D eigenvalue weighted by atomic mass is 16.3. The Morgan fingerprint density at radius 3 is 2.74 bits per heavy atom. The number of aryl methyl sites for hydroxylation is 1. The van der Waals surface area contributed by atoms with Gasteiger partial charge in [0.25, 0.3) is 0 Å². The van der Waals surface area contributed by atoms with Gasteiger partial charge in [-0.3, -0.25) is 9.69 Å². The van der Waals surface area contributed by atoms with Crippen molar-refractivity contribution >= 4 is 5.91 Å². The van der Waals surface area contributed by atoms with Crippen molar-refractivity contribution in [3.05, 3.63) is 23.7 Å². The number of amides is 1. The van der Waals surface area contributed by atoms with Crippen molar-refractivity contribution in [1.29, 1.82) is 0 Å². The lowest BCUT2D eigenvalue weighted by molar-refractivity contribution is -0.132. The van der Waals surface area contributed by atoms with Gasteiger partial charge >= 0.3 is 0 Å². The Labute approximate surface area is 113 Å². The third-order valence-corrected chi connectivity index (χ3v) is 3.53. The Kier molecular flexibility index (Phi) is 4.61. The zero-order chi connectivity index (χ0) is 13.8.